The third kappa shape index (κ3) is 4.51. The third-order valence-corrected chi connectivity index (χ3v) is 5.33. The number of carbonyl (C=O) groups is 3. The predicted octanol–water partition coefficient (Wildman–Crippen LogP) is 3.04. The second-order valence-corrected chi connectivity index (χ2v) is 7.41. The van der Waals surface area contributed by atoms with Gasteiger partial charge in [0, 0.05) is 30.7 Å². The van der Waals surface area contributed by atoms with E-state index < -0.39 is 11.8 Å². The molecule has 2 heterocycles. The molecule has 0 radical (unpaired) electrons. The Bertz CT molecular complexity index is 1020. The highest BCUT2D eigenvalue weighted by molar-refractivity contribution is 6.39. The Hall–Kier alpha value is -3.61. The number of nitrogens with one attached hydrogen (secondary N) is 2. The molecule has 7 nitrogen and oxygen atoms in total. The summed E-state index contributed by atoms with van der Waals surface area (Å²) in [5, 5.41) is 6.17. The first-order valence-electron chi connectivity index (χ1n) is 10.0. The van der Waals surface area contributed by atoms with E-state index in [9.17, 15) is 14.4 Å². The Kier molecular flexibility index (Phi) is 5.79. The van der Waals surface area contributed by atoms with Crippen LogP contribution in [-0.2, 0) is 9.59 Å². The summed E-state index contributed by atoms with van der Waals surface area (Å²) in [7, 11) is 0. The van der Waals surface area contributed by atoms with Crippen LogP contribution in [0.2, 0.25) is 0 Å². The Labute approximate surface area is 174 Å². The second kappa shape index (κ2) is 8.82. The van der Waals surface area contributed by atoms with Gasteiger partial charge in [-0.2, -0.15) is 0 Å². The molecule has 2 N–H and O–H groups in total. The Morgan fingerprint density at radius 3 is 2.37 bits per heavy atom. The molecule has 1 aliphatic rings. The van der Waals surface area contributed by atoms with Gasteiger partial charge in [0.1, 0.15) is 5.58 Å². The lowest BCUT2D eigenvalue weighted by Crippen LogP contribution is -2.43. The van der Waals surface area contributed by atoms with Gasteiger partial charge in [-0.15, -0.1) is 0 Å². The van der Waals surface area contributed by atoms with Gasteiger partial charge < -0.3 is 20.0 Å². The average molecular weight is 405 g/mol. The van der Waals surface area contributed by atoms with Crippen molar-refractivity contribution >= 4 is 34.4 Å². The van der Waals surface area contributed by atoms with Crippen molar-refractivity contribution in [3.8, 4) is 0 Å². The molecule has 1 aliphatic heterocycles. The fraction of sp³-hybridized carbons (Fsp3) is 0.261. The number of carbonyl (C=O) groups excluding carboxylic acids is 3. The molecule has 0 spiro atoms. The van der Waals surface area contributed by atoms with Crippen molar-refractivity contribution in [1.29, 1.82) is 0 Å². The minimum atomic E-state index is -0.682. The van der Waals surface area contributed by atoms with E-state index in [1.54, 1.807) is 35.2 Å². The summed E-state index contributed by atoms with van der Waals surface area (Å²) in [6.45, 7) is 1.59. The van der Waals surface area contributed by atoms with E-state index in [2.05, 4.69) is 10.6 Å². The molecule has 1 aromatic heterocycles. The van der Waals surface area contributed by atoms with E-state index >= 15 is 0 Å². The molecule has 30 heavy (non-hydrogen) atoms. The molecular weight excluding hydrogens is 382 g/mol. The minimum absolute atomic E-state index is 0.115. The zero-order valence-electron chi connectivity index (χ0n) is 16.5. The van der Waals surface area contributed by atoms with E-state index in [4.69, 9.17) is 4.42 Å². The molecule has 0 aliphatic carbocycles. The number of nitrogens with zero attached hydrogens (tertiary/aromatic N) is 1. The molecule has 0 saturated carbocycles. The summed E-state index contributed by atoms with van der Waals surface area (Å²) < 4.78 is 5.67. The lowest BCUT2D eigenvalue weighted by Gasteiger charge is -2.31. The van der Waals surface area contributed by atoms with Crippen molar-refractivity contribution in [3.05, 3.63) is 66.4 Å². The van der Waals surface area contributed by atoms with Crippen molar-refractivity contribution in [1.82, 2.24) is 10.2 Å². The number of amides is 3. The summed E-state index contributed by atoms with van der Waals surface area (Å²) in [5.41, 5.74) is 1.28. The van der Waals surface area contributed by atoms with Gasteiger partial charge in [0.2, 0.25) is 0 Å². The third-order valence-electron chi connectivity index (χ3n) is 5.33. The van der Waals surface area contributed by atoms with Crippen LogP contribution in [0.4, 0.5) is 5.69 Å². The second-order valence-electron chi connectivity index (χ2n) is 7.41. The highest BCUT2D eigenvalue weighted by atomic mass is 16.3. The summed E-state index contributed by atoms with van der Waals surface area (Å²) >= 11 is 0. The molecule has 7 heteroatoms. The molecule has 154 valence electrons. The number of hydrogen-bond donors (Lipinski definition) is 2. The maximum atomic E-state index is 12.7. The number of piperidine rings is 1. The first kappa shape index (κ1) is 19.7. The van der Waals surface area contributed by atoms with Gasteiger partial charge in [-0.05, 0) is 43.0 Å². The van der Waals surface area contributed by atoms with Crippen LogP contribution >= 0.6 is 0 Å². The summed E-state index contributed by atoms with van der Waals surface area (Å²) in [4.78, 5) is 38.5. The summed E-state index contributed by atoms with van der Waals surface area (Å²) in [5.74, 6) is -0.881. The summed E-state index contributed by atoms with van der Waals surface area (Å²) in [6, 6.07) is 18.2. The Balaban J connectivity index is 1.24. The van der Waals surface area contributed by atoms with Crippen LogP contribution in [0.5, 0.6) is 0 Å². The molecule has 3 aromatic rings. The largest absolute Gasteiger partial charge is 0.451 e. The van der Waals surface area contributed by atoms with E-state index in [0.717, 1.165) is 18.2 Å². The maximum Gasteiger partial charge on any atom is 0.313 e. The molecule has 1 fully saturated rings. The highest BCUT2D eigenvalue weighted by Gasteiger charge is 2.26. The van der Waals surface area contributed by atoms with Gasteiger partial charge in [0.25, 0.3) is 5.91 Å². The van der Waals surface area contributed by atoms with Crippen molar-refractivity contribution in [2.45, 2.75) is 12.8 Å². The van der Waals surface area contributed by atoms with Crippen molar-refractivity contribution in [2.24, 2.45) is 5.92 Å². The maximum absolute atomic E-state index is 12.7. The minimum Gasteiger partial charge on any atom is -0.451 e. The lowest BCUT2D eigenvalue weighted by molar-refractivity contribution is -0.136. The zero-order valence-corrected chi connectivity index (χ0v) is 16.5. The average Bonchev–Trinajstić information content (AvgIpc) is 3.22. The first-order chi connectivity index (χ1) is 14.6. The van der Waals surface area contributed by atoms with E-state index in [1.807, 2.05) is 30.3 Å². The number of fused-ring (bicyclic) bond motifs is 1. The monoisotopic (exact) mass is 405 g/mol. The van der Waals surface area contributed by atoms with Crippen LogP contribution in [0.15, 0.2) is 65.1 Å². The standard InChI is InChI=1S/C23H23N3O4/c27-21(22(28)25-18-7-2-1-3-8-18)24-15-16-10-12-26(13-11-16)23(29)20-14-17-6-4-5-9-19(17)30-20/h1-9,14,16H,10-13,15H2,(H,24,27)(H,25,28). The van der Waals surface area contributed by atoms with Crippen molar-refractivity contribution in [3.63, 3.8) is 0 Å². The smallest absolute Gasteiger partial charge is 0.313 e. The lowest BCUT2D eigenvalue weighted by atomic mass is 9.96. The van der Waals surface area contributed by atoms with Crippen LogP contribution < -0.4 is 10.6 Å². The number of benzene rings is 2. The van der Waals surface area contributed by atoms with E-state index in [0.29, 0.717) is 36.7 Å². The normalized spacial score (nSPS) is 14.5. The topological polar surface area (TPSA) is 91.7 Å². The molecule has 4 rings (SSSR count). The SMILES string of the molecule is O=C(NCC1CCN(C(=O)c2cc3ccccc3o2)CC1)C(=O)Nc1ccccc1. The van der Waals surface area contributed by atoms with E-state index in [1.165, 1.54) is 0 Å². The number of furan rings is 1. The quantitative estimate of drug-likeness (QED) is 0.653. The molecule has 0 unspecified atom stereocenters. The van der Waals surface area contributed by atoms with Gasteiger partial charge in [0.15, 0.2) is 5.76 Å². The molecule has 2 aromatic carbocycles. The van der Waals surface area contributed by atoms with Gasteiger partial charge in [-0.25, -0.2) is 0 Å². The fourth-order valence-electron chi connectivity index (χ4n) is 3.61. The molecular formula is C23H23N3O4. The van der Waals surface area contributed by atoms with Crippen molar-refractivity contribution < 1.29 is 18.8 Å². The summed E-state index contributed by atoms with van der Waals surface area (Å²) in [6.07, 6.45) is 1.51. The Morgan fingerprint density at radius 1 is 0.933 bits per heavy atom. The van der Waals surface area contributed by atoms with Gasteiger partial charge in [0.05, 0.1) is 0 Å². The van der Waals surface area contributed by atoms with Crippen LogP contribution in [0.1, 0.15) is 23.4 Å². The highest BCUT2D eigenvalue weighted by Crippen LogP contribution is 2.23. The van der Waals surface area contributed by atoms with Gasteiger partial charge in [-0.3, -0.25) is 14.4 Å². The predicted molar refractivity (Wildman–Crippen MR) is 113 cm³/mol. The number of likely N-dealkylation sites (tertiary alicyclic amines) is 1. The number of para-hydroxylation sites is 2. The van der Waals surface area contributed by atoms with Crippen molar-refractivity contribution in [2.75, 3.05) is 25.0 Å². The molecule has 0 atom stereocenters. The molecule has 3 amide bonds. The van der Waals surface area contributed by atoms with Gasteiger partial charge in [-0.1, -0.05) is 36.4 Å². The van der Waals surface area contributed by atoms with Crippen LogP contribution in [0.3, 0.4) is 0 Å². The molecule has 0 bridgehead atoms. The number of anilines is 1. The zero-order chi connectivity index (χ0) is 20.9. The number of hydrogen-bond acceptors (Lipinski definition) is 4. The van der Waals surface area contributed by atoms with Crippen LogP contribution in [0, 0.1) is 5.92 Å². The van der Waals surface area contributed by atoms with E-state index in [-0.39, 0.29) is 11.8 Å². The first-order valence-corrected chi connectivity index (χ1v) is 10.0. The van der Waals surface area contributed by atoms with Crippen LogP contribution in [-0.4, -0.2) is 42.3 Å². The number of rotatable bonds is 4. The molecule has 1 saturated heterocycles. The Morgan fingerprint density at radius 2 is 1.63 bits per heavy atom. The van der Waals surface area contributed by atoms with Crippen LogP contribution in [0.25, 0.3) is 11.0 Å². The van der Waals surface area contributed by atoms with Gasteiger partial charge >= 0.3 is 11.8 Å². The fourth-order valence-corrected chi connectivity index (χ4v) is 3.61.